The number of carbonyl (C=O) groups excluding carboxylic acids is 1. The van der Waals surface area contributed by atoms with Crippen LogP contribution in [0.25, 0.3) is 0 Å². The number of ether oxygens (including phenoxy) is 1. The number of amides is 1. The maximum atomic E-state index is 12.3. The van der Waals surface area contributed by atoms with E-state index >= 15 is 0 Å². The molecule has 7 heteroatoms. The lowest BCUT2D eigenvalue weighted by Gasteiger charge is -2.21. The van der Waals surface area contributed by atoms with Gasteiger partial charge in [0.2, 0.25) is 5.91 Å². The molecule has 6 nitrogen and oxygen atoms in total. The van der Waals surface area contributed by atoms with Gasteiger partial charge in [0.15, 0.2) is 5.96 Å². The molecule has 0 bridgehead atoms. The van der Waals surface area contributed by atoms with E-state index < -0.39 is 0 Å². The van der Waals surface area contributed by atoms with E-state index in [1.54, 1.807) is 7.05 Å². The van der Waals surface area contributed by atoms with Gasteiger partial charge in [-0.1, -0.05) is 38.8 Å². The van der Waals surface area contributed by atoms with Crippen LogP contribution in [0.2, 0.25) is 0 Å². The zero-order chi connectivity index (χ0) is 21.1. The number of hydrogen-bond donors (Lipinski definition) is 3. The fourth-order valence-electron chi connectivity index (χ4n) is 3.75. The van der Waals surface area contributed by atoms with Crippen LogP contribution in [0.4, 0.5) is 5.69 Å². The minimum absolute atomic E-state index is 0. The van der Waals surface area contributed by atoms with Gasteiger partial charge >= 0.3 is 0 Å². The van der Waals surface area contributed by atoms with E-state index in [1.807, 2.05) is 25.1 Å². The van der Waals surface area contributed by atoms with E-state index in [2.05, 4.69) is 40.9 Å². The molecule has 3 N–H and O–H groups in total. The Morgan fingerprint density at radius 2 is 1.97 bits per heavy atom. The lowest BCUT2D eigenvalue weighted by molar-refractivity contribution is -0.119. The Labute approximate surface area is 199 Å². The van der Waals surface area contributed by atoms with Crippen molar-refractivity contribution >= 4 is 41.5 Å². The third kappa shape index (κ3) is 9.20. The zero-order valence-corrected chi connectivity index (χ0v) is 21.2. The summed E-state index contributed by atoms with van der Waals surface area (Å²) in [5, 5.41) is 9.77. The molecule has 1 aliphatic carbocycles. The molecule has 1 aromatic rings. The van der Waals surface area contributed by atoms with Gasteiger partial charge in [-0.05, 0) is 49.8 Å². The quantitative estimate of drug-likeness (QED) is 0.236. The number of aliphatic imine (C=N–C) groups is 1. The van der Waals surface area contributed by atoms with Crippen LogP contribution in [-0.4, -0.2) is 38.2 Å². The van der Waals surface area contributed by atoms with Gasteiger partial charge in [-0.2, -0.15) is 0 Å². The minimum Gasteiger partial charge on any atom is -0.378 e. The Kier molecular flexibility index (Phi) is 13.0. The molecule has 1 amide bonds. The van der Waals surface area contributed by atoms with Crippen LogP contribution in [-0.2, 0) is 16.1 Å². The molecule has 1 aliphatic rings. The molecule has 2 rings (SSSR count). The Morgan fingerprint density at radius 1 is 1.23 bits per heavy atom. The first-order chi connectivity index (χ1) is 14.0. The van der Waals surface area contributed by atoms with Crippen LogP contribution in [0.15, 0.2) is 29.3 Å². The summed E-state index contributed by atoms with van der Waals surface area (Å²) in [4.78, 5) is 16.6. The minimum atomic E-state index is 0. The lowest BCUT2D eigenvalue weighted by Crippen LogP contribution is -2.38. The van der Waals surface area contributed by atoms with Gasteiger partial charge in [0.1, 0.15) is 0 Å². The molecular weight excluding hydrogens is 491 g/mol. The molecule has 0 radical (unpaired) electrons. The molecule has 1 unspecified atom stereocenters. The first kappa shape index (κ1) is 26.7. The highest BCUT2D eigenvalue weighted by atomic mass is 127. The maximum Gasteiger partial charge on any atom is 0.227 e. The maximum absolute atomic E-state index is 12.3. The summed E-state index contributed by atoms with van der Waals surface area (Å²) in [6.45, 7) is 8.60. The number of benzene rings is 1. The van der Waals surface area contributed by atoms with E-state index in [0.717, 1.165) is 62.5 Å². The number of halogens is 1. The number of nitrogens with zero attached hydrogens (tertiary/aromatic N) is 1. The summed E-state index contributed by atoms with van der Waals surface area (Å²) in [5.74, 6) is 1.59. The van der Waals surface area contributed by atoms with Crippen molar-refractivity contribution in [3.63, 3.8) is 0 Å². The smallest absolute Gasteiger partial charge is 0.227 e. The second kappa shape index (κ2) is 14.6. The van der Waals surface area contributed by atoms with E-state index in [-0.39, 0.29) is 41.9 Å². The molecule has 1 atom stereocenters. The average molecular weight is 530 g/mol. The molecule has 0 heterocycles. The van der Waals surface area contributed by atoms with Crippen LogP contribution in [0, 0.1) is 11.8 Å². The summed E-state index contributed by atoms with van der Waals surface area (Å²) in [5.41, 5.74) is 1.96. The number of rotatable bonds is 10. The number of carbonyl (C=O) groups is 1. The SMILES string of the molecule is CCOC(CCNC(=NC)NCc1cccc(NC(=O)C2CCCC2)c1)C(C)C.I. The molecule has 0 aliphatic heterocycles. The summed E-state index contributed by atoms with van der Waals surface area (Å²) < 4.78 is 5.80. The number of hydrogen-bond acceptors (Lipinski definition) is 3. The number of guanidine groups is 1. The molecule has 1 fully saturated rings. The first-order valence-electron chi connectivity index (χ1n) is 11.0. The van der Waals surface area contributed by atoms with Crippen molar-refractivity contribution in [1.29, 1.82) is 0 Å². The fourth-order valence-corrected chi connectivity index (χ4v) is 3.75. The van der Waals surface area contributed by atoms with Gasteiger partial charge in [0, 0.05) is 38.3 Å². The number of anilines is 1. The Balaban J connectivity index is 0.00000450. The first-order valence-corrected chi connectivity index (χ1v) is 11.0. The monoisotopic (exact) mass is 530 g/mol. The van der Waals surface area contributed by atoms with Gasteiger partial charge in [-0.15, -0.1) is 24.0 Å². The van der Waals surface area contributed by atoms with Crippen molar-refractivity contribution in [2.24, 2.45) is 16.8 Å². The molecular formula is C23H39IN4O2. The van der Waals surface area contributed by atoms with Crippen LogP contribution >= 0.6 is 24.0 Å². The van der Waals surface area contributed by atoms with Gasteiger partial charge in [-0.25, -0.2) is 0 Å². The number of nitrogens with one attached hydrogen (secondary N) is 3. The molecule has 30 heavy (non-hydrogen) atoms. The van der Waals surface area contributed by atoms with Gasteiger partial charge in [0.05, 0.1) is 6.10 Å². The van der Waals surface area contributed by atoms with E-state index in [9.17, 15) is 4.79 Å². The molecule has 0 saturated heterocycles. The highest BCUT2D eigenvalue weighted by Gasteiger charge is 2.22. The normalized spacial score (nSPS) is 15.6. The van der Waals surface area contributed by atoms with Crippen LogP contribution in [0.1, 0.15) is 58.4 Å². The van der Waals surface area contributed by atoms with E-state index in [1.165, 1.54) is 0 Å². The van der Waals surface area contributed by atoms with Crippen molar-refractivity contribution in [2.45, 2.75) is 65.5 Å². The summed E-state index contributed by atoms with van der Waals surface area (Å²) >= 11 is 0. The highest BCUT2D eigenvalue weighted by Crippen LogP contribution is 2.26. The van der Waals surface area contributed by atoms with Crippen LogP contribution < -0.4 is 16.0 Å². The Bertz CT molecular complexity index is 660. The topological polar surface area (TPSA) is 74.8 Å². The fraction of sp³-hybridized carbons (Fsp3) is 0.652. The van der Waals surface area contributed by atoms with Gasteiger partial charge < -0.3 is 20.7 Å². The van der Waals surface area contributed by atoms with Crippen molar-refractivity contribution < 1.29 is 9.53 Å². The third-order valence-electron chi connectivity index (χ3n) is 5.45. The Hall–Kier alpha value is -1.35. The van der Waals surface area contributed by atoms with E-state index in [4.69, 9.17) is 4.74 Å². The van der Waals surface area contributed by atoms with Crippen LogP contribution in [0.3, 0.4) is 0 Å². The Morgan fingerprint density at radius 3 is 2.60 bits per heavy atom. The van der Waals surface area contributed by atoms with Gasteiger partial charge in [0.25, 0.3) is 0 Å². The molecule has 170 valence electrons. The average Bonchev–Trinajstić information content (AvgIpc) is 3.25. The summed E-state index contributed by atoms with van der Waals surface area (Å²) in [6.07, 6.45) is 5.54. The van der Waals surface area contributed by atoms with Crippen molar-refractivity contribution in [3.05, 3.63) is 29.8 Å². The highest BCUT2D eigenvalue weighted by molar-refractivity contribution is 14.0. The van der Waals surface area contributed by atoms with Crippen molar-refractivity contribution in [1.82, 2.24) is 10.6 Å². The molecule has 0 aromatic heterocycles. The molecule has 1 saturated carbocycles. The summed E-state index contributed by atoms with van der Waals surface area (Å²) in [7, 11) is 1.77. The second-order valence-electron chi connectivity index (χ2n) is 8.05. The second-order valence-corrected chi connectivity index (χ2v) is 8.05. The standard InChI is InChI=1S/C23H38N4O2.HI/c1-5-29-21(17(2)3)13-14-25-23(24-4)26-16-18-9-8-12-20(15-18)27-22(28)19-10-6-7-11-19;/h8-9,12,15,17,19,21H,5-7,10-11,13-14,16H2,1-4H3,(H,27,28)(H2,24,25,26);1H. The summed E-state index contributed by atoms with van der Waals surface area (Å²) in [6, 6.07) is 8.00. The zero-order valence-electron chi connectivity index (χ0n) is 18.9. The van der Waals surface area contributed by atoms with Crippen molar-refractivity contribution in [2.75, 3.05) is 25.5 Å². The predicted molar refractivity (Wildman–Crippen MR) is 136 cm³/mol. The lowest BCUT2D eigenvalue weighted by atomic mass is 10.0. The molecule has 1 aromatic carbocycles. The van der Waals surface area contributed by atoms with Gasteiger partial charge in [-0.3, -0.25) is 9.79 Å². The largest absolute Gasteiger partial charge is 0.378 e. The predicted octanol–water partition coefficient (Wildman–Crippen LogP) is 4.55. The van der Waals surface area contributed by atoms with Crippen molar-refractivity contribution in [3.8, 4) is 0 Å². The molecule has 0 spiro atoms. The van der Waals surface area contributed by atoms with E-state index in [0.29, 0.717) is 12.5 Å². The third-order valence-corrected chi connectivity index (χ3v) is 5.45. The van der Waals surface area contributed by atoms with Crippen LogP contribution in [0.5, 0.6) is 0 Å².